The van der Waals surface area contributed by atoms with Gasteiger partial charge in [-0.05, 0) is 43.3 Å². The number of hydrogen-bond acceptors (Lipinski definition) is 4. The highest BCUT2D eigenvalue weighted by Crippen LogP contribution is 2.33. The Morgan fingerprint density at radius 3 is 2.59 bits per heavy atom. The van der Waals surface area contributed by atoms with Crippen molar-refractivity contribution in [3.05, 3.63) is 77.4 Å². The van der Waals surface area contributed by atoms with Crippen molar-refractivity contribution in [3.8, 4) is 6.07 Å². The predicted molar refractivity (Wildman–Crippen MR) is 109 cm³/mol. The van der Waals surface area contributed by atoms with Gasteiger partial charge in [-0.1, -0.05) is 0 Å². The van der Waals surface area contributed by atoms with Crippen molar-refractivity contribution in [2.45, 2.75) is 19.1 Å². The summed E-state index contributed by atoms with van der Waals surface area (Å²) < 4.78 is 40.3. The molecule has 0 aliphatic carbocycles. The standard InChI is InChI=1S/C22H16F3N5O2/c1-13-12-30(17-4-2-15(3-5-17)22(23,24)25)21(32)19-18(6-7-29(13)19)20(31)28-16-8-14(9-26)10-27-11-16/h2-8,10-11,13H,12H2,1H3,(H,28,31)/t13-/m0/s1. The molecule has 3 heterocycles. The number of nitrogens with zero attached hydrogens (tertiary/aromatic N) is 4. The summed E-state index contributed by atoms with van der Waals surface area (Å²) in [5.41, 5.74) is 0.297. The molecule has 7 nitrogen and oxygen atoms in total. The van der Waals surface area contributed by atoms with Gasteiger partial charge in [-0.2, -0.15) is 18.4 Å². The minimum Gasteiger partial charge on any atom is -0.338 e. The van der Waals surface area contributed by atoms with E-state index in [-0.39, 0.29) is 29.4 Å². The fourth-order valence-corrected chi connectivity index (χ4v) is 3.61. The Balaban J connectivity index is 1.64. The highest BCUT2D eigenvalue weighted by Gasteiger charge is 2.35. The van der Waals surface area contributed by atoms with E-state index in [2.05, 4.69) is 10.3 Å². The third kappa shape index (κ3) is 3.80. The molecule has 3 aromatic rings. The SMILES string of the molecule is C[C@H]1CN(c2ccc(C(F)(F)F)cc2)C(=O)c2c(C(=O)Nc3cncc(C#N)c3)ccn21. The van der Waals surface area contributed by atoms with Gasteiger partial charge in [-0.15, -0.1) is 0 Å². The molecule has 1 N–H and O–H groups in total. The van der Waals surface area contributed by atoms with E-state index in [1.165, 1.54) is 41.6 Å². The molecule has 1 aromatic carbocycles. The fourth-order valence-electron chi connectivity index (χ4n) is 3.61. The Hall–Kier alpha value is -4.13. The van der Waals surface area contributed by atoms with Gasteiger partial charge in [0, 0.05) is 30.7 Å². The number of amides is 2. The van der Waals surface area contributed by atoms with Gasteiger partial charge in [0.05, 0.1) is 28.6 Å². The van der Waals surface area contributed by atoms with Crippen LogP contribution in [0, 0.1) is 11.3 Å². The summed E-state index contributed by atoms with van der Waals surface area (Å²) in [6, 6.07) is 9.00. The smallest absolute Gasteiger partial charge is 0.338 e. The largest absolute Gasteiger partial charge is 0.416 e. The number of benzene rings is 1. The molecule has 0 spiro atoms. The third-order valence-corrected chi connectivity index (χ3v) is 5.16. The van der Waals surface area contributed by atoms with Crippen molar-refractivity contribution < 1.29 is 22.8 Å². The van der Waals surface area contributed by atoms with E-state index < -0.39 is 23.6 Å². The molecule has 0 saturated heterocycles. The summed E-state index contributed by atoms with van der Waals surface area (Å²) in [5, 5.41) is 11.6. The first-order chi connectivity index (χ1) is 15.2. The van der Waals surface area contributed by atoms with E-state index in [1.54, 1.807) is 10.8 Å². The highest BCUT2D eigenvalue weighted by molar-refractivity contribution is 6.16. The van der Waals surface area contributed by atoms with E-state index in [9.17, 15) is 22.8 Å². The first-order valence-electron chi connectivity index (χ1n) is 9.55. The van der Waals surface area contributed by atoms with E-state index in [4.69, 9.17) is 5.26 Å². The normalized spacial score (nSPS) is 15.8. The second-order valence-corrected chi connectivity index (χ2v) is 7.32. The quantitative estimate of drug-likeness (QED) is 0.661. The lowest BCUT2D eigenvalue weighted by Crippen LogP contribution is -2.43. The van der Waals surface area contributed by atoms with Crippen LogP contribution in [-0.2, 0) is 6.18 Å². The summed E-state index contributed by atoms with van der Waals surface area (Å²) in [6.07, 6.45) is -0.125. The molecule has 32 heavy (non-hydrogen) atoms. The number of carbonyl (C=O) groups is 2. The molecular weight excluding hydrogens is 423 g/mol. The molecule has 0 bridgehead atoms. The van der Waals surface area contributed by atoms with Crippen molar-refractivity contribution in [1.29, 1.82) is 5.26 Å². The van der Waals surface area contributed by atoms with Crippen LogP contribution < -0.4 is 10.2 Å². The molecule has 1 aliphatic rings. The van der Waals surface area contributed by atoms with Crippen LogP contribution in [0.3, 0.4) is 0 Å². The van der Waals surface area contributed by atoms with Gasteiger partial charge in [0.1, 0.15) is 11.8 Å². The summed E-state index contributed by atoms with van der Waals surface area (Å²) >= 11 is 0. The van der Waals surface area contributed by atoms with Crippen LogP contribution in [0.5, 0.6) is 0 Å². The zero-order valence-electron chi connectivity index (χ0n) is 16.7. The Labute approximate surface area is 180 Å². The van der Waals surface area contributed by atoms with Crippen LogP contribution in [0.1, 0.15) is 44.9 Å². The number of hydrogen-bond donors (Lipinski definition) is 1. The molecule has 1 atom stereocenters. The Kier molecular flexibility index (Phi) is 5.18. The monoisotopic (exact) mass is 439 g/mol. The number of anilines is 2. The molecule has 0 unspecified atom stereocenters. The lowest BCUT2D eigenvalue weighted by molar-refractivity contribution is -0.137. The minimum atomic E-state index is -4.48. The number of fused-ring (bicyclic) bond motifs is 1. The second-order valence-electron chi connectivity index (χ2n) is 7.32. The Morgan fingerprint density at radius 1 is 1.22 bits per heavy atom. The Morgan fingerprint density at radius 2 is 1.94 bits per heavy atom. The molecule has 0 saturated carbocycles. The van der Waals surface area contributed by atoms with Gasteiger partial charge in [0.25, 0.3) is 11.8 Å². The van der Waals surface area contributed by atoms with Crippen LogP contribution in [-0.4, -0.2) is 27.9 Å². The lowest BCUT2D eigenvalue weighted by atomic mass is 10.1. The Bertz CT molecular complexity index is 1240. The van der Waals surface area contributed by atoms with Gasteiger partial charge in [-0.25, -0.2) is 0 Å². The molecule has 162 valence electrons. The molecule has 0 fully saturated rings. The number of rotatable bonds is 3. The molecule has 2 amide bonds. The highest BCUT2D eigenvalue weighted by atomic mass is 19.4. The van der Waals surface area contributed by atoms with Gasteiger partial charge in [-0.3, -0.25) is 14.6 Å². The molecule has 4 rings (SSSR count). The van der Waals surface area contributed by atoms with Crippen LogP contribution >= 0.6 is 0 Å². The predicted octanol–water partition coefficient (Wildman–Crippen LogP) is 4.25. The summed E-state index contributed by atoms with van der Waals surface area (Å²) in [5.74, 6) is -1.06. The maximum absolute atomic E-state index is 13.2. The van der Waals surface area contributed by atoms with Crippen molar-refractivity contribution in [3.63, 3.8) is 0 Å². The molecule has 0 radical (unpaired) electrons. The zero-order chi connectivity index (χ0) is 23.0. The van der Waals surface area contributed by atoms with Gasteiger partial charge in [0.2, 0.25) is 0 Å². The van der Waals surface area contributed by atoms with E-state index in [0.29, 0.717) is 11.4 Å². The number of halogens is 3. The van der Waals surface area contributed by atoms with Gasteiger partial charge >= 0.3 is 6.18 Å². The first-order valence-corrected chi connectivity index (χ1v) is 9.55. The van der Waals surface area contributed by atoms with Gasteiger partial charge < -0.3 is 14.8 Å². The molecule has 1 aliphatic heterocycles. The topological polar surface area (TPSA) is 91.0 Å². The average molecular weight is 439 g/mol. The number of nitrogens with one attached hydrogen (secondary N) is 1. The second kappa shape index (κ2) is 7.85. The molecule has 2 aromatic heterocycles. The number of nitriles is 1. The third-order valence-electron chi connectivity index (χ3n) is 5.16. The number of aromatic nitrogens is 2. The summed E-state index contributed by atoms with van der Waals surface area (Å²) in [6.45, 7) is 2.08. The van der Waals surface area contributed by atoms with Crippen molar-refractivity contribution in [2.75, 3.05) is 16.8 Å². The van der Waals surface area contributed by atoms with Crippen molar-refractivity contribution in [2.24, 2.45) is 0 Å². The van der Waals surface area contributed by atoms with Crippen LogP contribution in [0.2, 0.25) is 0 Å². The van der Waals surface area contributed by atoms with Crippen molar-refractivity contribution in [1.82, 2.24) is 9.55 Å². The van der Waals surface area contributed by atoms with E-state index >= 15 is 0 Å². The number of pyridine rings is 1. The zero-order valence-corrected chi connectivity index (χ0v) is 16.7. The first kappa shape index (κ1) is 21.1. The fraction of sp³-hybridized carbons (Fsp3) is 0.182. The number of alkyl halides is 3. The summed E-state index contributed by atoms with van der Waals surface area (Å²) in [4.78, 5) is 31.3. The molecule has 10 heteroatoms. The van der Waals surface area contributed by atoms with Gasteiger partial charge in [0.15, 0.2) is 0 Å². The lowest BCUT2D eigenvalue weighted by Gasteiger charge is -2.33. The minimum absolute atomic E-state index is 0.112. The van der Waals surface area contributed by atoms with Crippen LogP contribution in [0.15, 0.2) is 55.0 Å². The maximum Gasteiger partial charge on any atom is 0.416 e. The maximum atomic E-state index is 13.2. The van der Waals surface area contributed by atoms with Crippen LogP contribution in [0.25, 0.3) is 0 Å². The summed E-state index contributed by atoms with van der Waals surface area (Å²) in [7, 11) is 0. The van der Waals surface area contributed by atoms with E-state index in [0.717, 1.165) is 12.1 Å². The van der Waals surface area contributed by atoms with E-state index in [1.807, 2.05) is 13.0 Å². The molecular formula is C22H16F3N5O2. The van der Waals surface area contributed by atoms with Crippen LogP contribution in [0.4, 0.5) is 24.5 Å². The average Bonchev–Trinajstić information content (AvgIpc) is 3.22. The number of carbonyl (C=O) groups excluding carboxylic acids is 2. The van der Waals surface area contributed by atoms with Crippen molar-refractivity contribution >= 4 is 23.2 Å².